The summed E-state index contributed by atoms with van der Waals surface area (Å²) in [5.74, 6) is -5.81. The minimum absolute atomic E-state index is 0.0159. The van der Waals surface area contributed by atoms with Gasteiger partial charge in [0.25, 0.3) is 0 Å². The number of carboxylic acid groups (broad SMARTS) is 1. The summed E-state index contributed by atoms with van der Waals surface area (Å²) < 4.78 is 0. The molecule has 21 heteroatoms. The zero-order valence-electron chi connectivity index (χ0n) is 37.9. The van der Waals surface area contributed by atoms with Gasteiger partial charge in [-0.15, -0.1) is 0 Å². The van der Waals surface area contributed by atoms with Crippen LogP contribution < -0.4 is 55.3 Å². The van der Waals surface area contributed by atoms with Gasteiger partial charge in [0.15, 0.2) is 11.9 Å². The maximum absolute atomic E-state index is 14.6. The maximum Gasteiger partial charge on any atom is 0.326 e. The van der Waals surface area contributed by atoms with Gasteiger partial charge in [0.1, 0.15) is 30.2 Å². The number of guanidine groups is 2. The molecule has 4 aromatic rings. The number of aromatic nitrogens is 2. The third kappa shape index (κ3) is 15.0. The topological polar surface area (TPSA) is 369 Å². The lowest BCUT2D eigenvalue weighted by atomic mass is 9.95. The Morgan fingerprint density at radius 1 is 0.606 bits per heavy atom. The Hall–Kier alpha value is -7.16. The van der Waals surface area contributed by atoms with Crippen molar-refractivity contribution >= 4 is 69.2 Å². The molecule has 66 heavy (non-hydrogen) atoms. The van der Waals surface area contributed by atoms with Gasteiger partial charge < -0.3 is 70.3 Å². The van der Waals surface area contributed by atoms with Gasteiger partial charge in [0.2, 0.25) is 29.5 Å². The number of fused-ring (bicyclic) bond motifs is 2. The van der Waals surface area contributed by atoms with Gasteiger partial charge in [-0.05, 0) is 60.8 Å². The highest BCUT2D eigenvalue weighted by Crippen LogP contribution is 2.22. The molecule has 0 bridgehead atoms. The fourth-order valence-electron chi connectivity index (χ4n) is 7.33. The van der Waals surface area contributed by atoms with E-state index in [2.05, 4.69) is 46.5 Å². The number of nitrogens with one attached hydrogen (secondary N) is 7. The first-order chi connectivity index (χ1) is 31.4. The van der Waals surface area contributed by atoms with E-state index in [9.17, 15) is 33.9 Å². The van der Waals surface area contributed by atoms with E-state index in [1.54, 1.807) is 33.2 Å². The van der Waals surface area contributed by atoms with Crippen LogP contribution in [0.15, 0.2) is 70.9 Å². The second-order valence-electron chi connectivity index (χ2n) is 16.7. The van der Waals surface area contributed by atoms with Crippen LogP contribution in [-0.4, -0.2) is 112 Å². The minimum Gasteiger partial charge on any atom is -0.480 e. The molecule has 2 heterocycles. The predicted molar refractivity (Wildman–Crippen MR) is 253 cm³/mol. The first-order valence-corrected chi connectivity index (χ1v) is 22.1. The number of hydrogen-bond acceptors (Lipinski definition) is 9. The van der Waals surface area contributed by atoms with E-state index in [0.717, 1.165) is 27.4 Å². The smallest absolute Gasteiger partial charge is 0.326 e. The molecule has 4 rings (SSSR count). The summed E-state index contributed by atoms with van der Waals surface area (Å²) in [6, 6.07) is 7.66. The molecule has 0 saturated carbocycles. The van der Waals surface area contributed by atoms with Gasteiger partial charge in [-0.1, -0.05) is 70.5 Å². The van der Waals surface area contributed by atoms with E-state index >= 15 is 0 Å². The van der Waals surface area contributed by atoms with Crippen molar-refractivity contribution in [1.82, 2.24) is 36.6 Å². The quantitative estimate of drug-likeness (QED) is 0.0226. The Morgan fingerprint density at radius 3 is 1.50 bits per heavy atom. The summed E-state index contributed by atoms with van der Waals surface area (Å²) >= 11 is 0. The maximum atomic E-state index is 14.6. The number of hydrogen-bond donors (Lipinski definition) is 13. The highest BCUT2D eigenvalue weighted by Gasteiger charge is 2.35. The van der Waals surface area contributed by atoms with Crippen LogP contribution in [0, 0.1) is 11.8 Å². The number of aliphatic carboxylic acids is 1. The van der Waals surface area contributed by atoms with Crippen LogP contribution in [0.25, 0.3) is 21.8 Å². The van der Waals surface area contributed by atoms with Gasteiger partial charge in [-0.2, -0.15) is 0 Å². The van der Waals surface area contributed by atoms with Crippen molar-refractivity contribution in [2.45, 2.75) is 109 Å². The van der Waals surface area contributed by atoms with Crippen molar-refractivity contribution in [3.63, 3.8) is 0 Å². The zero-order chi connectivity index (χ0) is 48.5. The summed E-state index contributed by atoms with van der Waals surface area (Å²) in [5.41, 5.74) is 31.0. The number of nitrogens with two attached hydrogens (primary N) is 5. The number of aromatic amines is 2. The first-order valence-electron chi connectivity index (χ1n) is 22.1. The molecule has 2 aromatic heterocycles. The SMILES string of the molecule is CC[C@H](C)[C@H](NC(=O)[C@H](Cc1c[nH]c2ccccc12)NC(=O)[C@@H](N)C(C)C)C(=O)N[C@@H](Cc1c[nH]c2ccccc12)C(=O)N[C@@H](CCCN=C(N)N)C(=O)N[C@@H](CCCN=C(N)N)C(=O)O. The molecule has 21 nitrogen and oxygen atoms in total. The fourth-order valence-corrected chi connectivity index (χ4v) is 7.33. The van der Waals surface area contributed by atoms with E-state index in [1.807, 2.05) is 55.5 Å². The second kappa shape index (κ2) is 24.8. The van der Waals surface area contributed by atoms with Gasteiger partial charge in [0.05, 0.1) is 6.04 Å². The molecule has 0 spiro atoms. The Labute approximate surface area is 383 Å². The van der Waals surface area contributed by atoms with Crippen LogP contribution in [0.5, 0.6) is 0 Å². The number of benzene rings is 2. The van der Waals surface area contributed by atoms with E-state index < -0.39 is 77.7 Å². The third-order valence-corrected chi connectivity index (χ3v) is 11.4. The number of H-pyrrole nitrogens is 2. The summed E-state index contributed by atoms with van der Waals surface area (Å²) in [7, 11) is 0. The number of carbonyl (C=O) groups is 6. The van der Waals surface area contributed by atoms with Crippen LogP contribution >= 0.6 is 0 Å². The minimum atomic E-state index is -1.35. The van der Waals surface area contributed by atoms with E-state index in [-0.39, 0.29) is 69.5 Å². The molecule has 2 aromatic carbocycles. The molecule has 5 amide bonds. The Balaban J connectivity index is 1.65. The molecular formula is C45H66N14O7. The van der Waals surface area contributed by atoms with Crippen LogP contribution in [0.2, 0.25) is 0 Å². The van der Waals surface area contributed by atoms with Crippen LogP contribution in [0.4, 0.5) is 0 Å². The van der Waals surface area contributed by atoms with Gasteiger partial charge in [0, 0.05) is 60.1 Å². The first kappa shape index (κ1) is 51.5. The molecule has 0 fully saturated rings. The number of amides is 5. The zero-order valence-corrected chi connectivity index (χ0v) is 37.9. The van der Waals surface area contributed by atoms with Crippen molar-refractivity contribution in [2.24, 2.45) is 50.5 Å². The van der Waals surface area contributed by atoms with Crippen molar-refractivity contribution in [3.05, 3.63) is 72.1 Å². The fraction of sp³-hybridized carbons (Fsp3) is 0.467. The van der Waals surface area contributed by atoms with Crippen molar-refractivity contribution in [2.75, 3.05) is 13.1 Å². The normalized spacial score (nSPS) is 14.5. The summed E-state index contributed by atoms with van der Waals surface area (Å²) in [4.78, 5) is 97.0. The summed E-state index contributed by atoms with van der Waals surface area (Å²) in [5, 5.41) is 25.3. The number of nitrogens with zero attached hydrogens (tertiary/aromatic N) is 2. The van der Waals surface area contributed by atoms with Gasteiger partial charge >= 0.3 is 5.97 Å². The molecule has 7 atom stereocenters. The Kier molecular flexibility index (Phi) is 19.3. The molecule has 18 N–H and O–H groups in total. The van der Waals surface area contributed by atoms with E-state index in [0.29, 0.717) is 12.0 Å². The molecule has 0 saturated heterocycles. The van der Waals surface area contributed by atoms with Crippen LogP contribution in [0.1, 0.15) is 70.9 Å². The molecule has 0 aliphatic heterocycles. The van der Waals surface area contributed by atoms with E-state index in [1.165, 1.54) is 0 Å². The highest BCUT2D eigenvalue weighted by molar-refractivity contribution is 5.97. The standard InChI is InChI=1S/C45H66N14O7/c1-5-25(4)37(59-40(62)35(57-41(63)36(46)24(2)3)21-27-23-54-31-15-9-7-13-29(27)31)42(64)58-34(20-26-22-53-30-14-8-6-12-28(26)30)39(61)55-32(16-10-18-51-44(47)48)38(60)56-33(43(65)66)17-11-19-52-45(49)50/h6-9,12-15,22-25,32-37,53-54H,5,10-11,16-21,46H2,1-4H3,(H,55,61)(H,56,60)(H,57,63)(H,58,64)(H,59,62)(H,65,66)(H4,47,48,51)(H4,49,50,52)/t25-,32-,33-,34-,35-,36-,37-/m0/s1. The van der Waals surface area contributed by atoms with Crippen molar-refractivity contribution in [3.8, 4) is 0 Å². The molecule has 358 valence electrons. The lowest BCUT2D eigenvalue weighted by Gasteiger charge is -2.29. The van der Waals surface area contributed by atoms with Gasteiger partial charge in [-0.3, -0.25) is 34.0 Å². The molecule has 0 aliphatic rings. The predicted octanol–water partition coefficient (Wildman–Crippen LogP) is 0.0796. The lowest BCUT2D eigenvalue weighted by molar-refractivity contribution is -0.142. The number of para-hydroxylation sites is 2. The van der Waals surface area contributed by atoms with Crippen molar-refractivity contribution < 1.29 is 33.9 Å². The monoisotopic (exact) mass is 915 g/mol. The number of carboxylic acids is 1. The number of aliphatic imine (C=N–C) groups is 2. The Morgan fingerprint density at radius 2 is 1.03 bits per heavy atom. The molecule has 0 aliphatic carbocycles. The lowest BCUT2D eigenvalue weighted by Crippen LogP contribution is -2.61. The molecule has 0 radical (unpaired) electrons. The molecule has 0 unspecified atom stereocenters. The number of rotatable bonds is 26. The number of carbonyl (C=O) groups excluding carboxylic acids is 5. The Bertz CT molecular complexity index is 2350. The highest BCUT2D eigenvalue weighted by atomic mass is 16.4. The van der Waals surface area contributed by atoms with E-state index in [4.69, 9.17) is 28.7 Å². The average Bonchev–Trinajstić information content (AvgIpc) is 3.89. The van der Waals surface area contributed by atoms with Gasteiger partial charge in [-0.25, -0.2) is 4.79 Å². The largest absolute Gasteiger partial charge is 0.480 e. The van der Waals surface area contributed by atoms with Crippen LogP contribution in [0.3, 0.4) is 0 Å². The second-order valence-corrected chi connectivity index (χ2v) is 16.7. The summed E-state index contributed by atoms with van der Waals surface area (Å²) in [6.45, 7) is 7.42. The van der Waals surface area contributed by atoms with Crippen molar-refractivity contribution in [1.29, 1.82) is 0 Å². The van der Waals surface area contributed by atoms with Crippen LogP contribution in [-0.2, 0) is 41.6 Å². The average molecular weight is 915 g/mol. The third-order valence-electron chi connectivity index (χ3n) is 11.4. The summed E-state index contributed by atoms with van der Waals surface area (Å²) in [6.07, 6.45) is 4.32. The molecular weight excluding hydrogens is 849 g/mol.